The highest BCUT2D eigenvalue weighted by molar-refractivity contribution is 6.06. The van der Waals surface area contributed by atoms with Crippen LogP contribution in [0.15, 0.2) is 59.6 Å². The quantitative estimate of drug-likeness (QED) is 0.543. The number of amides is 1. The minimum absolute atomic E-state index is 0.150. The van der Waals surface area contributed by atoms with E-state index in [1.807, 2.05) is 0 Å². The molecule has 0 saturated carbocycles. The van der Waals surface area contributed by atoms with E-state index in [1.54, 1.807) is 30.3 Å². The van der Waals surface area contributed by atoms with Crippen LogP contribution in [-0.4, -0.2) is 16.9 Å². The Bertz CT molecular complexity index is 1020. The Morgan fingerprint density at radius 1 is 1.00 bits per heavy atom. The number of nitrogens with two attached hydrogens (primary N) is 2. The summed E-state index contributed by atoms with van der Waals surface area (Å²) in [5, 5.41) is 1.30. The number of aliphatic imine (C=N–C) groups is 1. The number of carbonyl (C=O) groups is 1. The van der Waals surface area contributed by atoms with Crippen molar-refractivity contribution in [3.8, 4) is 11.3 Å². The third kappa shape index (κ3) is 3.49. The van der Waals surface area contributed by atoms with E-state index in [0.717, 1.165) is 11.5 Å². The lowest BCUT2D eigenvalue weighted by molar-refractivity contribution is -0.141. The molecule has 1 amide bonds. The number of halogens is 3. The number of hydrogen-bond acceptors (Lipinski definition) is 2. The third-order valence-electron chi connectivity index (χ3n) is 3.68. The van der Waals surface area contributed by atoms with Gasteiger partial charge in [-0.05, 0) is 35.0 Å². The number of carbonyl (C=O) groups excluding carboxylic acids is 1. The monoisotopic (exact) mass is 358 g/mol. The molecule has 0 unspecified atom stereocenters. The summed E-state index contributed by atoms with van der Waals surface area (Å²) >= 11 is 0. The molecule has 2 aromatic carbocycles. The predicted molar refractivity (Wildman–Crippen MR) is 92.3 cm³/mol. The van der Waals surface area contributed by atoms with Crippen molar-refractivity contribution in [1.29, 1.82) is 0 Å². The third-order valence-corrected chi connectivity index (χ3v) is 3.68. The van der Waals surface area contributed by atoms with E-state index in [9.17, 15) is 18.0 Å². The Morgan fingerprint density at radius 3 is 2.42 bits per heavy atom. The maximum absolute atomic E-state index is 12.9. The summed E-state index contributed by atoms with van der Waals surface area (Å²) < 4.78 is 38.8. The van der Waals surface area contributed by atoms with Gasteiger partial charge in [0.05, 0.1) is 5.69 Å². The van der Waals surface area contributed by atoms with Gasteiger partial charge in [0.1, 0.15) is 5.69 Å². The van der Waals surface area contributed by atoms with Crippen LogP contribution in [0.4, 0.5) is 13.2 Å². The molecule has 3 aromatic rings. The zero-order valence-electron chi connectivity index (χ0n) is 13.3. The van der Waals surface area contributed by atoms with Crippen LogP contribution in [0.25, 0.3) is 22.0 Å². The lowest BCUT2D eigenvalue weighted by atomic mass is 9.99. The molecule has 0 aliphatic carbocycles. The van der Waals surface area contributed by atoms with Crippen LogP contribution in [0.2, 0.25) is 0 Å². The molecule has 5 nitrogen and oxygen atoms in total. The van der Waals surface area contributed by atoms with Crippen molar-refractivity contribution in [2.45, 2.75) is 6.18 Å². The summed E-state index contributed by atoms with van der Waals surface area (Å²) in [6.07, 6.45) is -4.55. The number of rotatable bonds is 2. The fraction of sp³-hybridized carbons (Fsp3) is 0.0556. The summed E-state index contributed by atoms with van der Waals surface area (Å²) in [5.74, 6) is -1.01. The van der Waals surface area contributed by atoms with Crippen molar-refractivity contribution in [2.75, 3.05) is 0 Å². The Hall–Kier alpha value is -3.42. The van der Waals surface area contributed by atoms with E-state index in [-0.39, 0.29) is 17.2 Å². The van der Waals surface area contributed by atoms with E-state index in [2.05, 4.69) is 9.98 Å². The molecule has 0 spiro atoms. The maximum Gasteiger partial charge on any atom is 0.433 e. The van der Waals surface area contributed by atoms with Gasteiger partial charge >= 0.3 is 6.18 Å². The van der Waals surface area contributed by atoms with Crippen molar-refractivity contribution in [1.82, 2.24) is 4.98 Å². The SMILES string of the molecule is NC(N)=NC(=O)c1ccc2cccc(-c3cccc(C(F)(F)F)n3)c2c1. The molecular weight excluding hydrogens is 345 g/mol. The fourth-order valence-corrected chi connectivity index (χ4v) is 2.55. The number of fused-ring (bicyclic) bond motifs is 1. The molecule has 4 N–H and O–H groups in total. The highest BCUT2D eigenvalue weighted by atomic mass is 19.4. The number of aromatic nitrogens is 1. The minimum Gasteiger partial charge on any atom is -0.370 e. The second kappa shape index (κ2) is 6.47. The van der Waals surface area contributed by atoms with Crippen molar-refractivity contribution in [3.05, 3.63) is 65.9 Å². The zero-order valence-corrected chi connectivity index (χ0v) is 13.3. The van der Waals surface area contributed by atoms with Gasteiger partial charge in [0, 0.05) is 11.1 Å². The minimum atomic E-state index is -4.55. The topological polar surface area (TPSA) is 94.4 Å². The standard InChI is InChI=1S/C18H13F3N4O/c19-18(20,21)15-6-2-5-14(24-15)12-4-1-3-10-7-8-11(9-13(10)12)16(26)25-17(22)23/h1-9H,(H4,22,23,25,26). The van der Waals surface area contributed by atoms with Gasteiger partial charge in [-0.25, -0.2) is 4.98 Å². The Morgan fingerprint density at radius 2 is 1.73 bits per heavy atom. The van der Waals surface area contributed by atoms with Crippen LogP contribution in [0.3, 0.4) is 0 Å². The molecule has 0 aliphatic heterocycles. The molecule has 0 aliphatic rings. The van der Waals surface area contributed by atoms with Crippen LogP contribution in [0, 0.1) is 0 Å². The Kier molecular flexibility index (Phi) is 4.33. The zero-order chi connectivity index (χ0) is 18.9. The van der Waals surface area contributed by atoms with Crippen LogP contribution in [0.5, 0.6) is 0 Å². The summed E-state index contributed by atoms with van der Waals surface area (Å²) in [6.45, 7) is 0. The van der Waals surface area contributed by atoms with Crippen molar-refractivity contribution in [2.24, 2.45) is 16.5 Å². The summed E-state index contributed by atoms with van der Waals surface area (Å²) in [5.41, 5.74) is 10.3. The fourth-order valence-electron chi connectivity index (χ4n) is 2.55. The summed E-state index contributed by atoms with van der Waals surface area (Å²) in [7, 11) is 0. The van der Waals surface area contributed by atoms with Crippen molar-refractivity contribution >= 4 is 22.6 Å². The highest BCUT2D eigenvalue weighted by Crippen LogP contribution is 2.32. The van der Waals surface area contributed by atoms with Crippen LogP contribution < -0.4 is 11.5 Å². The lowest BCUT2D eigenvalue weighted by Gasteiger charge is -2.10. The van der Waals surface area contributed by atoms with Crippen LogP contribution in [0.1, 0.15) is 16.1 Å². The predicted octanol–water partition coefficient (Wildman–Crippen LogP) is 3.33. The molecule has 1 heterocycles. The number of benzene rings is 2. The largest absolute Gasteiger partial charge is 0.433 e. The van der Waals surface area contributed by atoms with Gasteiger partial charge in [-0.2, -0.15) is 18.2 Å². The first-order valence-electron chi connectivity index (χ1n) is 7.47. The van der Waals surface area contributed by atoms with Gasteiger partial charge in [0.25, 0.3) is 5.91 Å². The molecule has 0 fully saturated rings. The molecule has 1 aromatic heterocycles. The first kappa shape index (κ1) is 17.4. The van der Waals surface area contributed by atoms with Crippen molar-refractivity contribution < 1.29 is 18.0 Å². The number of nitrogens with zero attached hydrogens (tertiary/aromatic N) is 2. The van der Waals surface area contributed by atoms with Crippen molar-refractivity contribution in [3.63, 3.8) is 0 Å². The molecule has 8 heteroatoms. The number of alkyl halides is 3. The van der Waals surface area contributed by atoms with Gasteiger partial charge in [-0.15, -0.1) is 0 Å². The van der Waals surface area contributed by atoms with Gasteiger partial charge in [-0.3, -0.25) is 4.79 Å². The van der Waals surface area contributed by atoms with Gasteiger partial charge in [-0.1, -0.05) is 30.3 Å². The number of guanidine groups is 1. The van der Waals surface area contributed by atoms with E-state index in [1.165, 1.54) is 18.2 Å². The Balaban J connectivity index is 2.18. The smallest absolute Gasteiger partial charge is 0.370 e. The first-order valence-corrected chi connectivity index (χ1v) is 7.47. The molecule has 0 atom stereocenters. The highest BCUT2D eigenvalue weighted by Gasteiger charge is 2.32. The average Bonchev–Trinajstić information content (AvgIpc) is 2.59. The van der Waals surface area contributed by atoms with Gasteiger partial charge < -0.3 is 11.5 Å². The number of hydrogen-bond donors (Lipinski definition) is 2. The average molecular weight is 358 g/mol. The Labute approximate surface area is 146 Å². The van der Waals surface area contributed by atoms with E-state index in [0.29, 0.717) is 10.9 Å². The molecule has 3 rings (SSSR count). The molecule has 0 saturated heterocycles. The molecular formula is C18H13F3N4O. The first-order chi connectivity index (χ1) is 12.3. The maximum atomic E-state index is 12.9. The second-order valence-corrected chi connectivity index (χ2v) is 5.49. The summed E-state index contributed by atoms with van der Waals surface area (Å²) in [6, 6.07) is 13.5. The van der Waals surface area contributed by atoms with Crippen LogP contribution in [-0.2, 0) is 6.18 Å². The molecule has 0 radical (unpaired) electrons. The van der Waals surface area contributed by atoms with Gasteiger partial charge in [0.15, 0.2) is 5.96 Å². The van der Waals surface area contributed by atoms with Gasteiger partial charge in [0.2, 0.25) is 0 Å². The van der Waals surface area contributed by atoms with Crippen LogP contribution >= 0.6 is 0 Å². The second-order valence-electron chi connectivity index (χ2n) is 5.49. The van der Waals surface area contributed by atoms with E-state index >= 15 is 0 Å². The normalized spacial score (nSPS) is 11.3. The number of pyridine rings is 1. The van der Waals surface area contributed by atoms with E-state index < -0.39 is 17.8 Å². The molecule has 0 bridgehead atoms. The molecule has 26 heavy (non-hydrogen) atoms. The van der Waals surface area contributed by atoms with E-state index in [4.69, 9.17) is 11.5 Å². The summed E-state index contributed by atoms with van der Waals surface area (Å²) in [4.78, 5) is 19.2. The lowest BCUT2D eigenvalue weighted by Crippen LogP contribution is -2.24. The molecule has 132 valence electrons.